The van der Waals surface area contributed by atoms with Crippen LogP contribution in [0, 0.1) is 0 Å². The number of nitrogens with zero attached hydrogens (tertiary/aromatic N) is 1. The van der Waals surface area contributed by atoms with Gasteiger partial charge in [-0.05, 0) is 12.8 Å². The van der Waals surface area contributed by atoms with Crippen LogP contribution < -0.4 is 0 Å². The highest BCUT2D eigenvalue weighted by molar-refractivity contribution is 9.09. The van der Waals surface area contributed by atoms with Crippen molar-refractivity contribution in [2.75, 3.05) is 45.4 Å². The predicted octanol–water partition coefficient (Wildman–Crippen LogP) is 2.29. The van der Waals surface area contributed by atoms with Crippen LogP contribution >= 0.6 is 15.9 Å². The second-order valence-corrected chi connectivity index (χ2v) is 5.06. The lowest BCUT2D eigenvalue weighted by atomic mass is 10.2. The van der Waals surface area contributed by atoms with Gasteiger partial charge in [-0.25, -0.2) is 0 Å². The average molecular weight is 294 g/mol. The fraction of sp³-hybridized carbons (Fsp3) is 1.00. The van der Waals surface area contributed by atoms with Crippen LogP contribution in [0.15, 0.2) is 0 Å². The molecule has 0 unspecified atom stereocenters. The fourth-order valence-corrected chi connectivity index (χ4v) is 2.74. The molecule has 0 aromatic carbocycles. The molecule has 0 spiro atoms. The van der Waals surface area contributed by atoms with Gasteiger partial charge < -0.3 is 9.47 Å². The van der Waals surface area contributed by atoms with Crippen LogP contribution in [0.5, 0.6) is 0 Å². The molecule has 0 aliphatic heterocycles. The number of ether oxygens (including phenoxy) is 2. The van der Waals surface area contributed by atoms with E-state index in [1.54, 1.807) is 7.11 Å². The van der Waals surface area contributed by atoms with Crippen LogP contribution in [0.1, 0.15) is 25.7 Å². The molecule has 4 heteroatoms. The summed E-state index contributed by atoms with van der Waals surface area (Å²) in [6, 6.07) is 0.795. The Kier molecular flexibility index (Phi) is 8.47. The van der Waals surface area contributed by atoms with Crippen molar-refractivity contribution in [3.8, 4) is 0 Å². The smallest absolute Gasteiger partial charge is 0.0700 e. The number of hydrogen-bond donors (Lipinski definition) is 0. The van der Waals surface area contributed by atoms with Gasteiger partial charge in [0.25, 0.3) is 0 Å². The van der Waals surface area contributed by atoms with Crippen molar-refractivity contribution in [3.63, 3.8) is 0 Å². The third-order valence-corrected chi connectivity index (χ3v) is 3.52. The Balaban J connectivity index is 2.12. The van der Waals surface area contributed by atoms with Crippen LogP contribution in [0.4, 0.5) is 0 Å². The highest BCUT2D eigenvalue weighted by Crippen LogP contribution is 2.23. The summed E-state index contributed by atoms with van der Waals surface area (Å²) in [4.78, 5) is 2.56. The van der Waals surface area contributed by atoms with Gasteiger partial charge in [-0.15, -0.1) is 0 Å². The van der Waals surface area contributed by atoms with E-state index >= 15 is 0 Å². The SMILES string of the molecule is COCCOCCN(CCBr)C1CCCC1. The molecule has 1 saturated carbocycles. The first-order valence-corrected chi connectivity index (χ1v) is 7.37. The van der Waals surface area contributed by atoms with Crippen LogP contribution in [-0.4, -0.2) is 56.3 Å². The Morgan fingerprint density at radius 2 is 1.88 bits per heavy atom. The number of methoxy groups -OCH3 is 1. The van der Waals surface area contributed by atoms with Crippen molar-refractivity contribution in [1.29, 1.82) is 0 Å². The van der Waals surface area contributed by atoms with E-state index in [-0.39, 0.29) is 0 Å². The lowest BCUT2D eigenvalue weighted by Gasteiger charge is -2.27. The van der Waals surface area contributed by atoms with Gasteiger partial charge in [-0.2, -0.15) is 0 Å². The Morgan fingerprint density at radius 1 is 1.12 bits per heavy atom. The number of hydrogen-bond acceptors (Lipinski definition) is 3. The predicted molar refractivity (Wildman–Crippen MR) is 70.3 cm³/mol. The molecule has 0 bridgehead atoms. The van der Waals surface area contributed by atoms with Crippen LogP contribution in [0.3, 0.4) is 0 Å². The van der Waals surface area contributed by atoms with E-state index in [9.17, 15) is 0 Å². The summed E-state index contributed by atoms with van der Waals surface area (Å²) in [5, 5.41) is 1.06. The standard InChI is InChI=1S/C12H24BrNO2/c1-15-10-11-16-9-8-14(7-6-13)12-4-2-3-5-12/h12H,2-11H2,1H3. The molecule has 0 aromatic rings. The molecule has 3 nitrogen and oxygen atoms in total. The lowest BCUT2D eigenvalue weighted by Crippen LogP contribution is -2.37. The summed E-state index contributed by atoms with van der Waals surface area (Å²) in [5.41, 5.74) is 0. The minimum atomic E-state index is 0.696. The summed E-state index contributed by atoms with van der Waals surface area (Å²) in [6.45, 7) is 4.43. The van der Waals surface area contributed by atoms with Crippen molar-refractivity contribution in [2.24, 2.45) is 0 Å². The van der Waals surface area contributed by atoms with Crippen LogP contribution in [0.25, 0.3) is 0 Å². The normalized spacial score (nSPS) is 17.4. The van der Waals surface area contributed by atoms with Crippen LogP contribution in [-0.2, 0) is 9.47 Å². The Hall–Kier alpha value is 0.360. The zero-order valence-corrected chi connectivity index (χ0v) is 11.9. The third-order valence-electron chi connectivity index (χ3n) is 3.17. The average Bonchev–Trinajstić information content (AvgIpc) is 2.81. The first kappa shape index (κ1) is 14.4. The monoisotopic (exact) mass is 293 g/mol. The minimum Gasteiger partial charge on any atom is -0.382 e. The van der Waals surface area contributed by atoms with Crippen molar-refractivity contribution in [1.82, 2.24) is 4.90 Å². The quantitative estimate of drug-likeness (QED) is 0.481. The molecule has 0 aromatic heterocycles. The molecular formula is C12H24BrNO2. The first-order valence-electron chi connectivity index (χ1n) is 6.25. The maximum atomic E-state index is 5.53. The van der Waals surface area contributed by atoms with Crippen molar-refractivity contribution >= 4 is 15.9 Å². The molecule has 1 aliphatic rings. The molecule has 1 fully saturated rings. The molecule has 0 saturated heterocycles. The molecule has 16 heavy (non-hydrogen) atoms. The summed E-state index contributed by atoms with van der Waals surface area (Å²) in [6.07, 6.45) is 5.53. The van der Waals surface area contributed by atoms with E-state index in [0.29, 0.717) is 13.2 Å². The molecule has 0 heterocycles. The lowest BCUT2D eigenvalue weighted by molar-refractivity contribution is 0.0513. The molecule has 0 atom stereocenters. The topological polar surface area (TPSA) is 21.7 Å². The van der Waals surface area contributed by atoms with Gasteiger partial charge in [0, 0.05) is 31.6 Å². The Bertz CT molecular complexity index is 163. The van der Waals surface area contributed by atoms with Gasteiger partial charge in [0.15, 0.2) is 0 Å². The number of alkyl halides is 1. The molecule has 0 N–H and O–H groups in total. The molecule has 0 radical (unpaired) electrons. The molecule has 1 aliphatic carbocycles. The van der Waals surface area contributed by atoms with Gasteiger partial charge in [0.2, 0.25) is 0 Å². The molecular weight excluding hydrogens is 270 g/mol. The molecule has 0 amide bonds. The second-order valence-electron chi connectivity index (χ2n) is 4.27. The van der Waals surface area contributed by atoms with Gasteiger partial charge in [0.1, 0.15) is 0 Å². The third kappa shape index (κ3) is 5.62. The van der Waals surface area contributed by atoms with E-state index in [0.717, 1.165) is 31.1 Å². The first-order chi connectivity index (χ1) is 7.88. The maximum Gasteiger partial charge on any atom is 0.0700 e. The van der Waals surface area contributed by atoms with E-state index in [4.69, 9.17) is 9.47 Å². The van der Waals surface area contributed by atoms with Crippen LogP contribution in [0.2, 0.25) is 0 Å². The van der Waals surface area contributed by atoms with Gasteiger partial charge >= 0.3 is 0 Å². The van der Waals surface area contributed by atoms with E-state index in [1.165, 1.54) is 25.7 Å². The summed E-state index contributed by atoms with van der Waals surface area (Å²) in [5.74, 6) is 0. The largest absolute Gasteiger partial charge is 0.382 e. The Morgan fingerprint density at radius 3 is 2.50 bits per heavy atom. The van der Waals surface area contributed by atoms with Crippen molar-refractivity contribution in [3.05, 3.63) is 0 Å². The highest BCUT2D eigenvalue weighted by Gasteiger charge is 2.21. The zero-order chi connectivity index (χ0) is 11.6. The summed E-state index contributed by atoms with van der Waals surface area (Å²) >= 11 is 3.53. The number of rotatable bonds is 9. The molecule has 96 valence electrons. The van der Waals surface area contributed by atoms with Gasteiger partial charge in [0.05, 0.1) is 19.8 Å². The van der Waals surface area contributed by atoms with E-state index < -0.39 is 0 Å². The van der Waals surface area contributed by atoms with E-state index in [2.05, 4.69) is 20.8 Å². The second kappa shape index (κ2) is 9.40. The fourth-order valence-electron chi connectivity index (χ4n) is 2.28. The summed E-state index contributed by atoms with van der Waals surface area (Å²) in [7, 11) is 1.71. The van der Waals surface area contributed by atoms with Gasteiger partial charge in [-0.1, -0.05) is 28.8 Å². The van der Waals surface area contributed by atoms with Gasteiger partial charge in [-0.3, -0.25) is 4.90 Å². The zero-order valence-electron chi connectivity index (χ0n) is 10.3. The van der Waals surface area contributed by atoms with E-state index in [1.807, 2.05) is 0 Å². The summed E-state index contributed by atoms with van der Waals surface area (Å²) < 4.78 is 10.5. The maximum absolute atomic E-state index is 5.53. The number of halogens is 1. The van der Waals surface area contributed by atoms with Crippen molar-refractivity contribution < 1.29 is 9.47 Å². The Labute approximate surface area is 108 Å². The highest BCUT2D eigenvalue weighted by atomic mass is 79.9. The molecule has 1 rings (SSSR count). The van der Waals surface area contributed by atoms with Crippen molar-refractivity contribution in [2.45, 2.75) is 31.7 Å². The minimum absolute atomic E-state index is 0.696.